The van der Waals surface area contributed by atoms with Crippen LogP contribution in [0.25, 0.3) is 0 Å². The Morgan fingerprint density at radius 1 is 0.879 bits per heavy atom. The largest absolute Gasteiger partial charge is 0.382 e. The lowest BCUT2D eigenvalue weighted by atomic mass is 10.2. The minimum atomic E-state index is -0.140. The molecule has 2 amide bonds. The SMILES string of the molecule is CCOCCCN(CC(=O)N(Cc1ccccc1)Cc1cccn1C)C(=O)c1ccccc1. The molecule has 33 heavy (non-hydrogen) atoms. The predicted octanol–water partition coefficient (Wildman–Crippen LogP) is 4.12. The molecule has 1 aromatic heterocycles. The van der Waals surface area contributed by atoms with Crippen LogP contribution in [-0.2, 0) is 29.7 Å². The van der Waals surface area contributed by atoms with E-state index in [1.54, 1.807) is 17.0 Å². The van der Waals surface area contributed by atoms with E-state index in [1.165, 1.54) is 0 Å². The van der Waals surface area contributed by atoms with Crippen molar-refractivity contribution in [1.82, 2.24) is 14.4 Å². The van der Waals surface area contributed by atoms with Crippen LogP contribution in [-0.4, -0.2) is 52.5 Å². The van der Waals surface area contributed by atoms with Gasteiger partial charge in [-0.15, -0.1) is 0 Å². The standard InChI is InChI=1S/C27H33N3O3/c1-3-33-19-11-18-29(27(32)24-14-8-5-9-15-24)22-26(31)30(20-23-12-6-4-7-13-23)21-25-16-10-17-28(25)2/h4-10,12-17H,3,11,18-22H2,1-2H3. The summed E-state index contributed by atoms with van der Waals surface area (Å²) < 4.78 is 7.46. The summed E-state index contributed by atoms with van der Waals surface area (Å²) in [6.07, 6.45) is 2.65. The lowest BCUT2D eigenvalue weighted by Crippen LogP contribution is -2.43. The maximum Gasteiger partial charge on any atom is 0.254 e. The van der Waals surface area contributed by atoms with Crippen LogP contribution < -0.4 is 0 Å². The second kappa shape index (κ2) is 12.6. The molecule has 2 aromatic carbocycles. The summed E-state index contributed by atoms with van der Waals surface area (Å²) in [7, 11) is 1.97. The fourth-order valence-corrected chi connectivity index (χ4v) is 3.67. The smallest absolute Gasteiger partial charge is 0.254 e. The highest BCUT2D eigenvalue weighted by molar-refractivity contribution is 5.96. The molecule has 0 aliphatic heterocycles. The van der Waals surface area contributed by atoms with Crippen LogP contribution in [0, 0.1) is 0 Å². The number of nitrogens with zero attached hydrogens (tertiary/aromatic N) is 3. The number of ether oxygens (including phenoxy) is 1. The highest BCUT2D eigenvalue weighted by Gasteiger charge is 2.23. The Kier molecular flexibility index (Phi) is 9.27. The van der Waals surface area contributed by atoms with Gasteiger partial charge in [0.15, 0.2) is 0 Å². The van der Waals surface area contributed by atoms with E-state index in [1.807, 2.05) is 90.3 Å². The van der Waals surface area contributed by atoms with Gasteiger partial charge in [-0.2, -0.15) is 0 Å². The summed E-state index contributed by atoms with van der Waals surface area (Å²) >= 11 is 0. The summed E-state index contributed by atoms with van der Waals surface area (Å²) in [4.78, 5) is 30.2. The van der Waals surface area contributed by atoms with E-state index in [-0.39, 0.29) is 18.4 Å². The van der Waals surface area contributed by atoms with Crippen molar-refractivity contribution in [3.8, 4) is 0 Å². The molecule has 3 rings (SSSR count). The van der Waals surface area contributed by atoms with Gasteiger partial charge in [0.05, 0.1) is 6.54 Å². The number of carbonyl (C=O) groups is 2. The molecule has 0 saturated carbocycles. The number of aryl methyl sites for hydroxylation is 1. The van der Waals surface area contributed by atoms with Crippen LogP contribution in [0.5, 0.6) is 0 Å². The van der Waals surface area contributed by atoms with Crippen molar-refractivity contribution in [3.05, 3.63) is 95.8 Å². The van der Waals surface area contributed by atoms with Gasteiger partial charge in [-0.3, -0.25) is 9.59 Å². The zero-order chi connectivity index (χ0) is 23.5. The summed E-state index contributed by atoms with van der Waals surface area (Å²) in [5, 5.41) is 0. The molecule has 0 unspecified atom stereocenters. The van der Waals surface area contributed by atoms with E-state index in [0.717, 1.165) is 11.3 Å². The summed E-state index contributed by atoms with van der Waals surface area (Å²) in [6, 6.07) is 23.0. The van der Waals surface area contributed by atoms with Crippen LogP contribution in [0.3, 0.4) is 0 Å². The van der Waals surface area contributed by atoms with Gasteiger partial charge in [-0.05, 0) is 43.2 Å². The van der Waals surface area contributed by atoms with Crippen molar-refractivity contribution in [2.75, 3.05) is 26.3 Å². The Labute approximate surface area is 196 Å². The molecule has 174 valence electrons. The molecule has 3 aromatic rings. The Morgan fingerprint density at radius 2 is 1.58 bits per heavy atom. The van der Waals surface area contributed by atoms with Gasteiger partial charge in [0.2, 0.25) is 5.91 Å². The van der Waals surface area contributed by atoms with E-state index in [4.69, 9.17) is 4.74 Å². The number of amides is 2. The Hall–Kier alpha value is -3.38. The number of hydrogen-bond donors (Lipinski definition) is 0. The first-order valence-electron chi connectivity index (χ1n) is 11.4. The van der Waals surface area contributed by atoms with Crippen LogP contribution in [0.2, 0.25) is 0 Å². The molecular formula is C27H33N3O3. The summed E-state index contributed by atoms with van der Waals surface area (Å²) in [5.41, 5.74) is 2.67. The van der Waals surface area contributed by atoms with Crippen molar-refractivity contribution in [2.24, 2.45) is 7.05 Å². The van der Waals surface area contributed by atoms with Crippen molar-refractivity contribution >= 4 is 11.8 Å². The summed E-state index contributed by atoms with van der Waals surface area (Å²) in [6.45, 7) is 4.58. The molecule has 0 bridgehead atoms. The van der Waals surface area contributed by atoms with E-state index in [2.05, 4.69) is 0 Å². The lowest BCUT2D eigenvalue weighted by Gasteiger charge is -2.28. The highest BCUT2D eigenvalue weighted by atomic mass is 16.5. The van der Waals surface area contributed by atoms with E-state index in [0.29, 0.717) is 44.8 Å². The molecule has 0 radical (unpaired) electrons. The maximum atomic E-state index is 13.5. The second-order valence-corrected chi connectivity index (χ2v) is 7.99. The van der Waals surface area contributed by atoms with Crippen LogP contribution in [0.15, 0.2) is 79.0 Å². The van der Waals surface area contributed by atoms with Crippen LogP contribution in [0.1, 0.15) is 35.0 Å². The first-order valence-corrected chi connectivity index (χ1v) is 11.4. The maximum absolute atomic E-state index is 13.5. The van der Waals surface area contributed by atoms with Gasteiger partial charge in [0.25, 0.3) is 5.91 Å². The number of benzene rings is 2. The molecule has 0 N–H and O–H groups in total. The molecule has 6 nitrogen and oxygen atoms in total. The Bertz CT molecular complexity index is 1000. The van der Waals surface area contributed by atoms with Crippen LogP contribution in [0.4, 0.5) is 0 Å². The van der Waals surface area contributed by atoms with Gasteiger partial charge >= 0.3 is 0 Å². The molecule has 0 spiro atoms. The molecular weight excluding hydrogens is 414 g/mol. The first kappa shape index (κ1) is 24.3. The van der Waals surface area contributed by atoms with Crippen molar-refractivity contribution in [3.63, 3.8) is 0 Å². The minimum Gasteiger partial charge on any atom is -0.382 e. The number of carbonyl (C=O) groups excluding carboxylic acids is 2. The summed E-state index contributed by atoms with van der Waals surface area (Å²) in [5.74, 6) is -0.222. The molecule has 0 fully saturated rings. The Balaban J connectivity index is 1.78. The number of aromatic nitrogens is 1. The molecule has 0 aliphatic rings. The molecule has 0 aliphatic carbocycles. The molecule has 0 atom stereocenters. The van der Waals surface area contributed by atoms with Crippen LogP contribution >= 0.6 is 0 Å². The monoisotopic (exact) mass is 447 g/mol. The number of hydrogen-bond acceptors (Lipinski definition) is 3. The minimum absolute atomic E-state index is 0.0249. The average molecular weight is 448 g/mol. The Morgan fingerprint density at radius 3 is 2.21 bits per heavy atom. The average Bonchev–Trinajstić information content (AvgIpc) is 3.25. The van der Waals surface area contributed by atoms with Gasteiger partial charge in [0, 0.05) is 50.8 Å². The van der Waals surface area contributed by atoms with E-state index in [9.17, 15) is 9.59 Å². The van der Waals surface area contributed by atoms with E-state index >= 15 is 0 Å². The lowest BCUT2D eigenvalue weighted by molar-refractivity contribution is -0.133. The topological polar surface area (TPSA) is 54.8 Å². The van der Waals surface area contributed by atoms with Crippen molar-refractivity contribution < 1.29 is 14.3 Å². The van der Waals surface area contributed by atoms with E-state index < -0.39 is 0 Å². The molecule has 1 heterocycles. The van der Waals surface area contributed by atoms with Crippen molar-refractivity contribution in [2.45, 2.75) is 26.4 Å². The first-order chi connectivity index (χ1) is 16.1. The fourth-order valence-electron chi connectivity index (χ4n) is 3.67. The third kappa shape index (κ3) is 7.32. The van der Waals surface area contributed by atoms with Gasteiger partial charge < -0.3 is 19.1 Å². The third-order valence-electron chi connectivity index (χ3n) is 5.53. The van der Waals surface area contributed by atoms with Gasteiger partial charge in [-0.25, -0.2) is 0 Å². The second-order valence-electron chi connectivity index (χ2n) is 7.99. The zero-order valence-corrected chi connectivity index (χ0v) is 19.5. The van der Waals surface area contributed by atoms with Gasteiger partial charge in [-0.1, -0.05) is 48.5 Å². The third-order valence-corrected chi connectivity index (χ3v) is 5.53. The molecule has 6 heteroatoms. The van der Waals surface area contributed by atoms with Crippen molar-refractivity contribution in [1.29, 1.82) is 0 Å². The van der Waals surface area contributed by atoms with Gasteiger partial charge in [0.1, 0.15) is 6.54 Å². The fraction of sp³-hybridized carbons (Fsp3) is 0.333. The quantitative estimate of drug-likeness (QED) is 0.393. The predicted molar refractivity (Wildman–Crippen MR) is 130 cm³/mol. The number of rotatable bonds is 12. The zero-order valence-electron chi connectivity index (χ0n) is 19.5. The molecule has 0 saturated heterocycles. The normalized spacial score (nSPS) is 10.7. The highest BCUT2D eigenvalue weighted by Crippen LogP contribution is 2.13.